The predicted molar refractivity (Wildman–Crippen MR) is 65.8 cm³/mol. The van der Waals surface area contributed by atoms with Crippen LogP contribution in [0.4, 0.5) is 0 Å². The van der Waals surface area contributed by atoms with Gasteiger partial charge in [0.05, 0.1) is 6.42 Å². The number of carboxylic acid groups (broad SMARTS) is 1. The van der Waals surface area contributed by atoms with Crippen LogP contribution < -0.4 is 10.9 Å². The number of hydrogen-bond donors (Lipinski definition) is 3. The Kier molecular flexibility index (Phi) is 3.25. The maximum atomic E-state index is 12.4. The minimum atomic E-state index is -3.84. The lowest BCUT2D eigenvalue weighted by molar-refractivity contribution is -0.157. The highest BCUT2D eigenvalue weighted by atomic mass is 32.2. The molecule has 2 heterocycles. The van der Waals surface area contributed by atoms with Gasteiger partial charge >= 0.3 is 5.97 Å². The molecule has 0 aromatic rings. The lowest BCUT2D eigenvalue weighted by Gasteiger charge is -2.35. The van der Waals surface area contributed by atoms with Gasteiger partial charge in [0.1, 0.15) is 10.1 Å². The van der Waals surface area contributed by atoms with Crippen molar-refractivity contribution in [2.24, 2.45) is 0 Å². The van der Waals surface area contributed by atoms with Gasteiger partial charge in [-0.15, -0.1) is 0 Å². The number of nitrogens with one attached hydrogen (secondary N) is 2. The van der Waals surface area contributed by atoms with E-state index in [4.69, 9.17) is 0 Å². The zero-order valence-electron chi connectivity index (χ0n) is 10.9. The Balaban J connectivity index is 2.34. The first-order chi connectivity index (χ1) is 9.13. The van der Waals surface area contributed by atoms with Crippen LogP contribution in [0.1, 0.15) is 20.3 Å². The molecule has 0 saturated carbocycles. The molecule has 2 saturated heterocycles. The van der Waals surface area contributed by atoms with E-state index in [0.717, 1.165) is 4.90 Å². The molecule has 2 fully saturated rings. The fourth-order valence-corrected chi connectivity index (χ4v) is 4.97. The summed E-state index contributed by atoms with van der Waals surface area (Å²) in [5.74, 6) is -2.30. The van der Waals surface area contributed by atoms with E-state index in [2.05, 4.69) is 10.9 Å². The van der Waals surface area contributed by atoms with Crippen LogP contribution in [0.3, 0.4) is 0 Å². The van der Waals surface area contributed by atoms with Crippen LogP contribution in [0.5, 0.6) is 0 Å². The van der Waals surface area contributed by atoms with Crippen molar-refractivity contribution >= 4 is 27.6 Å². The number of hydrogen-bond acceptors (Lipinski definition) is 6. The highest BCUT2D eigenvalue weighted by molar-refractivity contribution is 7.94. The summed E-state index contributed by atoms with van der Waals surface area (Å²) >= 11 is 0. The Morgan fingerprint density at radius 2 is 2.10 bits per heavy atom. The Hall–Kier alpha value is -1.68. The lowest BCUT2D eigenvalue weighted by Crippen LogP contribution is -2.59. The second-order valence-electron chi connectivity index (χ2n) is 5.09. The molecule has 112 valence electrons. The molecular formula is C10H15N3O6S. The molecule has 3 atom stereocenters. The largest absolute Gasteiger partial charge is 0.480 e. The Bertz CT molecular complexity index is 588. The third-order valence-corrected chi connectivity index (χ3v) is 6.53. The zero-order chi connectivity index (χ0) is 15.3. The van der Waals surface area contributed by atoms with Crippen LogP contribution >= 0.6 is 0 Å². The second-order valence-corrected chi connectivity index (χ2v) is 7.66. The van der Waals surface area contributed by atoms with E-state index in [0.29, 0.717) is 0 Å². The molecular weight excluding hydrogens is 290 g/mol. The lowest BCUT2D eigenvalue weighted by atomic mass is 9.96. The standard InChI is InChI=1S/C10H15N3O6S/c1-5(14)12-11-4-10(2)8(9(16)17)13-6(15)3-7(13)20(10,18)19/h7-8,11H,3-4H2,1-2H3,(H,12,14)(H,16,17)/t7-,8+,10+/m1/s1. The molecule has 0 unspecified atom stereocenters. The number of fused-ring (bicyclic) bond motifs is 1. The summed E-state index contributed by atoms with van der Waals surface area (Å²) in [7, 11) is -3.84. The number of aliphatic carboxylic acids is 1. The maximum Gasteiger partial charge on any atom is 0.328 e. The number of rotatable bonds is 4. The molecule has 2 aliphatic rings. The van der Waals surface area contributed by atoms with Gasteiger partial charge in [-0.1, -0.05) is 0 Å². The number of hydrazine groups is 1. The summed E-state index contributed by atoms with van der Waals surface area (Å²) in [4.78, 5) is 34.5. The van der Waals surface area contributed by atoms with E-state index in [1.54, 1.807) is 0 Å². The van der Waals surface area contributed by atoms with Crippen molar-refractivity contribution in [2.45, 2.75) is 36.4 Å². The first-order valence-electron chi connectivity index (χ1n) is 5.90. The number of carbonyl (C=O) groups is 3. The van der Waals surface area contributed by atoms with Gasteiger partial charge in [-0.2, -0.15) is 0 Å². The Morgan fingerprint density at radius 3 is 2.55 bits per heavy atom. The van der Waals surface area contributed by atoms with Gasteiger partial charge in [-0.05, 0) is 6.92 Å². The molecule has 2 aliphatic heterocycles. The van der Waals surface area contributed by atoms with Crippen LogP contribution in [0, 0.1) is 0 Å². The first-order valence-corrected chi connectivity index (χ1v) is 7.44. The van der Waals surface area contributed by atoms with Gasteiger partial charge in [0.25, 0.3) is 0 Å². The fourth-order valence-electron chi connectivity index (χ4n) is 2.65. The highest BCUT2D eigenvalue weighted by Crippen LogP contribution is 2.45. The van der Waals surface area contributed by atoms with Crippen molar-refractivity contribution in [3.63, 3.8) is 0 Å². The van der Waals surface area contributed by atoms with E-state index < -0.39 is 43.8 Å². The quantitative estimate of drug-likeness (QED) is 0.397. The molecule has 0 spiro atoms. The van der Waals surface area contributed by atoms with Crippen molar-refractivity contribution in [1.29, 1.82) is 0 Å². The van der Waals surface area contributed by atoms with E-state index in [-0.39, 0.29) is 13.0 Å². The molecule has 2 rings (SSSR count). The first kappa shape index (κ1) is 14.7. The number of amides is 2. The van der Waals surface area contributed by atoms with Crippen LogP contribution in [-0.4, -0.2) is 58.9 Å². The third kappa shape index (κ3) is 1.79. The maximum absolute atomic E-state index is 12.4. The molecule has 0 aromatic carbocycles. The minimum absolute atomic E-state index is 0.193. The van der Waals surface area contributed by atoms with Crippen LogP contribution in [0.25, 0.3) is 0 Å². The highest BCUT2D eigenvalue weighted by Gasteiger charge is 2.69. The summed E-state index contributed by atoms with van der Waals surface area (Å²) in [5, 5.41) is 8.17. The number of sulfone groups is 1. The number of carbonyl (C=O) groups excluding carboxylic acids is 2. The van der Waals surface area contributed by atoms with Crippen molar-refractivity contribution in [2.75, 3.05) is 6.54 Å². The summed E-state index contributed by atoms with van der Waals surface area (Å²) in [6, 6.07) is -1.46. The van der Waals surface area contributed by atoms with Gasteiger partial charge in [-0.3, -0.25) is 15.0 Å². The summed E-state index contributed by atoms with van der Waals surface area (Å²) in [6.07, 6.45) is -0.193. The van der Waals surface area contributed by atoms with E-state index >= 15 is 0 Å². The van der Waals surface area contributed by atoms with Gasteiger partial charge < -0.3 is 10.0 Å². The van der Waals surface area contributed by atoms with E-state index in [1.807, 2.05) is 0 Å². The van der Waals surface area contributed by atoms with Gasteiger partial charge in [-0.25, -0.2) is 18.6 Å². The SMILES string of the molecule is CC(=O)NNC[C@@]1(C)[C@H](C(=O)O)N2C(=O)C[C@H]2S1(=O)=O. The number of nitrogens with zero attached hydrogens (tertiary/aromatic N) is 1. The Morgan fingerprint density at radius 1 is 1.50 bits per heavy atom. The molecule has 0 radical (unpaired) electrons. The molecule has 9 nitrogen and oxygen atoms in total. The van der Waals surface area contributed by atoms with Crippen molar-refractivity contribution < 1.29 is 27.9 Å². The Labute approximate surface area is 115 Å². The van der Waals surface area contributed by atoms with Crippen LogP contribution in [-0.2, 0) is 24.2 Å². The van der Waals surface area contributed by atoms with Gasteiger partial charge in [0, 0.05) is 13.5 Å². The average molecular weight is 305 g/mol. The fraction of sp³-hybridized carbons (Fsp3) is 0.700. The summed E-state index contributed by atoms with van der Waals surface area (Å²) < 4.78 is 23.1. The van der Waals surface area contributed by atoms with Crippen LogP contribution in [0.15, 0.2) is 0 Å². The predicted octanol–water partition coefficient (Wildman–Crippen LogP) is -2.17. The zero-order valence-corrected chi connectivity index (χ0v) is 11.7. The molecule has 3 N–H and O–H groups in total. The van der Waals surface area contributed by atoms with E-state index in [9.17, 15) is 27.9 Å². The summed E-state index contributed by atoms with van der Waals surface area (Å²) in [5.41, 5.74) is 4.62. The smallest absolute Gasteiger partial charge is 0.328 e. The van der Waals surface area contributed by atoms with Gasteiger partial charge in [0.2, 0.25) is 11.8 Å². The average Bonchev–Trinajstić information content (AvgIpc) is 2.43. The number of carboxylic acids is 1. The molecule has 0 aliphatic carbocycles. The van der Waals surface area contributed by atoms with Crippen molar-refractivity contribution in [3.05, 3.63) is 0 Å². The normalized spacial score (nSPS) is 34.3. The summed E-state index contributed by atoms with van der Waals surface area (Å²) in [6.45, 7) is 2.19. The molecule has 2 amide bonds. The molecule has 0 bridgehead atoms. The molecule has 0 aromatic heterocycles. The van der Waals surface area contributed by atoms with Crippen LogP contribution in [0.2, 0.25) is 0 Å². The van der Waals surface area contributed by atoms with Crippen molar-refractivity contribution in [3.8, 4) is 0 Å². The minimum Gasteiger partial charge on any atom is -0.480 e. The molecule has 10 heteroatoms. The second kappa shape index (κ2) is 4.42. The third-order valence-electron chi connectivity index (χ3n) is 3.75. The van der Waals surface area contributed by atoms with Gasteiger partial charge in [0.15, 0.2) is 15.9 Å². The topological polar surface area (TPSA) is 133 Å². The number of β-lactam (4-membered cyclic amide) rings is 1. The monoisotopic (exact) mass is 305 g/mol. The van der Waals surface area contributed by atoms with E-state index in [1.165, 1.54) is 13.8 Å². The molecule has 20 heavy (non-hydrogen) atoms. The van der Waals surface area contributed by atoms with Crippen molar-refractivity contribution in [1.82, 2.24) is 15.8 Å².